The highest BCUT2D eigenvalue weighted by Crippen LogP contribution is 2.21. The van der Waals surface area contributed by atoms with Gasteiger partial charge in [-0.2, -0.15) is 0 Å². The van der Waals surface area contributed by atoms with Gasteiger partial charge < -0.3 is 35.4 Å². The van der Waals surface area contributed by atoms with Crippen LogP contribution in [0.25, 0.3) is 0 Å². The lowest BCUT2D eigenvalue weighted by Gasteiger charge is -2.36. The highest BCUT2D eigenvalue weighted by atomic mass is 16.5. The summed E-state index contributed by atoms with van der Waals surface area (Å²) in [6.45, 7) is 18.2. The average molecular weight is 813 g/mol. The summed E-state index contributed by atoms with van der Waals surface area (Å²) >= 11 is 0. The smallest absolute Gasteiger partial charge is 0.329 e. The number of cyclic esters (lactones) is 1. The van der Waals surface area contributed by atoms with Gasteiger partial charge in [0.25, 0.3) is 5.91 Å². The van der Waals surface area contributed by atoms with Gasteiger partial charge >= 0.3 is 5.97 Å². The Balaban J connectivity index is 2.79. The van der Waals surface area contributed by atoms with Crippen molar-refractivity contribution >= 4 is 41.4 Å². The zero-order valence-electron chi connectivity index (χ0n) is 37.3. The molecule has 0 unspecified atom stereocenters. The molecule has 0 saturated carbocycles. The first kappa shape index (κ1) is 49.7. The van der Waals surface area contributed by atoms with E-state index in [1.807, 2.05) is 65.0 Å². The second kappa shape index (κ2) is 23.2. The normalized spacial score (nSPS) is 26.0. The minimum Gasteiger partial charge on any atom is -0.451 e. The molecule has 0 aliphatic carbocycles. The van der Waals surface area contributed by atoms with Crippen LogP contribution in [0.2, 0.25) is 0 Å². The SMILES string of the molecule is CCCC[C@@H](C)C[C@@H]1NC(=O)[C@@H](C)OC(=O)[C@H](C)N(C)C(=O)[C@H](C(C)C)NC(=O)[C@H](Cc2ccccc2)N(C)C(=O)[C@H](CC(C)C)NC(=O)[C@H](CC(C)C)N(C)C1=O. The minimum absolute atomic E-state index is 0.0321. The van der Waals surface area contributed by atoms with Crippen molar-refractivity contribution in [3.8, 4) is 0 Å². The number of benzene rings is 1. The van der Waals surface area contributed by atoms with Crippen molar-refractivity contribution in [2.24, 2.45) is 23.7 Å². The number of carbonyl (C=O) groups is 7. The van der Waals surface area contributed by atoms with Gasteiger partial charge in [-0.05, 0) is 62.3 Å². The molecular weight excluding hydrogens is 741 g/mol. The third-order valence-electron chi connectivity index (χ3n) is 11.0. The largest absolute Gasteiger partial charge is 0.451 e. The Morgan fingerprint density at radius 1 is 0.638 bits per heavy atom. The van der Waals surface area contributed by atoms with Crippen LogP contribution in [0.3, 0.4) is 0 Å². The monoisotopic (exact) mass is 813 g/mol. The molecular formula is C44H72N6O8. The van der Waals surface area contributed by atoms with Crippen molar-refractivity contribution in [1.29, 1.82) is 0 Å². The molecule has 1 aliphatic heterocycles. The number of nitrogens with one attached hydrogen (secondary N) is 3. The van der Waals surface area contributed by atoms with Crippen LogP contribution < -0.4 is 16.0 Å². The van der Waals surface area contributed by atoms with Crippen LogP contribution in [0.15, 0.2) is 30.3 Å². The van der Waals surface area contributed by atoms with Crippen LogP contribution >= 0.6 is 0 Å². The molecule has 14 heteroatoms. The number of unbranched alkanes of at least 4 members (excludes halogenated alkanes) is 1. The number of rotatable bonds is 12. The Hall–Kier alpha value is -4.49. The number of carbonyl (C=O) groups excluding carboxylic acids is 7. The fourth-order valence-corrected chi connectivity index (χ4v) is 7.13. The van der Waals surface area contributed by atoms with Gasteiger partial charge in [-0.3, -0.25) is 28.8 Å². The number of amides is 6. The van der Waals surface area contributed by atoms with E-state index in [0.29, 0.717) is 0 Å². The highest BCUT2D eigenvalue weighted by molar-refractivity contribution is 5.97. The third kappa shape index (κ3) is 14.4. The molecule has 326 valence electrons. The Kier molecular flexibility index (Phi) is 19.9. The molecule has 1 aliphatic rings. The van der Waals surface area contributed by atoms with Gasteiger partial charge in [-0.25, -0.2) is 4.79 Å². The summed E-state index contributed by atoms with van der Waals surface area (Å²) in [6.07, 6.45) is 2.26. The predicted molar refractivity (Wildman–Crippen MR) is 224 cm³/mol. The van der Waals surface area contributed by atoms with Crippen LogP contribution in [0.1, 0.15) is 113 Å². The van der Waals surface area contributed by atoms with E-state index in [-0.39, 0.29) is 43.4 Å². The molecule has 14 nitrogen and oxygen atoms in total. The van der Waals surface area contributed by atoms with E-state index >= 15 is 0 Å². The highest BCUT2D eigenvalue weighted by Gasteiger charge is 2.40. The fraction of sp³-hybridized carbons (Fsp3) is 0.705. The summed E-state index contributed by atoms with van der Waals surface area (Å²) in [5.74, 6) is -4.74. The second-order valence-corrected chi connectivity index (χ2v) is 17.4. The Morgan fingerprint density at radius 3 is 1.69 bits per heavy atom. The quantitative estimate of drug-likeness (QED) is 0.265. The lowest BCUT2D eigenvalue weighted by Crippen LogP contribution is -2.61. The molecule has 0 aromatic heterocycles. The molecule has 1 aromatic rings. The minimum atomic E-state index is -1.33. The maximum atomic E-state index is 14.6. The zero-order chi connectivity index (χ0) is 44.0. The second-order valence-electron chi connectivity index (χ2n) is 17.4. The van der Waals surface area contributed by atoms with Crippen molar-refractivity contribution < 1.29 is 38.3 Å². The standard InChI is InChI=1S/C44H72N6O8/c1-14-15-19-29(8)24-34-42(55)49(12)35(23-27(4)5)39(52)46-33(22-26(2)3)41(54)50(13)36(25-32-20-17-16-18-21-32)40(53)47-37(28(6)7)43(56)48(11)30(9)44(57)58-31(10)38(51)45-34/h16-18,20-21,26-31,33-37H,14-15,19,22-25H2,1-13H3,(H,45,51)(H,46,52)(H,47,53)/t29-,30+,31-,33+,34+,35+,36+,37+/m1/s1. The van der Waals surface area contributed by atoms with Crippen molar-refractivity contribution in [3.63, 3.8) is 0 Å². The molecule has 1 heterocycles. The van der Waals surface area contributed by atoms with Crippen molar-refractivity contribution in [1.82, 2.24) is 30.7 Å². The molecule has 6 amide bonds. The van der Waals surface area contributed by atoms with Crippen molar-refractivity contribution in [2.75, 3.05) is 21.1 Å². The number of hydrogen-bond acceptors (Lipinski definition) is 8. The average Bonchev–Trinajstić information content (AvgIpc) is 3.17. The summed E-state index contributed by atoms with van der Waals surface area (Å²) in [5, 5.41) is 8.62. The van der Waals surface area contributed by atoms with E-state index in [4.69, 9.17) is 4.74 Å². The molecule has 0 spiro atoms. The van der Waals surface area contributed by atoms with E-state index in [1.165, 1.54) is 49.7 Å². The number of hydrogen-bond donors (Lipinski definition) is 3. The Bertz CT molecular complexity index is 1550. The third-order valence-corrected chi connectivity index (χ3v) is 11.0. The Morgan fingerprint density at radius 2 is 1.16 bits per heavy atom. The molecule has 58 heavy (non-hydrogen) atoms. The first-order valence-corrected chi connectivity index (χ1v) is 21.1. The number of likely N-dealkylation sites (N-methyl/N-ethyl adjacent to an activating group) is 3. The summed E-state index contributed by atoms with van der Waals surface area (Å²) < 4.78 is 5.57. The Labute approximate surface area is 346 Å². The number of nitrogens with zero attached hydrogens (tertiary/aromatic N) is 3. The zero-order valence-corrected chi connectivity index (χ0v) is 37.3. The summed E-state index contributed by atoms with van der Waals surface area (Å²) in [6, 6.07) is 2.72. The molecule has 0 bridgehead atoms. The lowest BCUT2D eigenvalue weighted by atomic mass is 9.94. The predicted octanol–water partition coefficient (Wildman–Crippen LogP) is 4.09. The molecule has 3 N–H and O–H groups in total. The van der Waals surface area contributed by atoms with Gasteiger partial charge in [-0.15, -0.1) is 0 Å². The topological polar surface area (TPSA) is 175 Å². The van der Waals surface area contributed by atoms with Crippen molar-refractivity contribution in [2.45, 2.75) is 157 Å². The summed E-state index contributed by atoms with van der Waals surface area (Å²) in [4.78, 5) is 103. The molecule has 0 radical (unpaired) electrons. The van der Waals surface area contributed by atoms with Gasteiger partial charge in [0, 0.05) is 27.6 Å². The summed E-state index contributed by atoms with van der Waals surface area (Å²) in [7, 11) is 4.45. The van der Waals surface area contributed by atoms with E-state index < -0.39 is 89.7 Å². The van der Waals surface area contributed by atoms with Gasteiger partial charge in [0.15, 0.2) is 6.10 Å². The van der Waals surface area contributed by atoms with Gasteiger partial charge in [0.1, 0.15) is 36.3 Å². The molecule has 1 fully saturated rings. The van der Waals surface area contributed by atoms with Crippen LogP contribution in [0, 0.1) is 23.7 Å². The first-order chi connectivity index (χ1) is 27.1. The van der Waals surface area contributed by atoms with Gasteiger partial charge in [-0.1, -0.05) is 105 Å². The van der Waals surface area contributed by atoms with Crippen LogP contribution in [0.4, 0.5) is 0 Å². The van der Waals surface area contributed by atoms with Crippen LogP contribution in [-0.4, -0.2) is 120 Å². The number of esters is 1. The van der Waals surface area contributed by atoms with Crippen LogP contribution in [-0.2, 0) is 44.7 Å². The maximum Gasteiger partial charge on any atom is 0.329 e. The van der Waals surface area contributed by atoms with Crippen molar-refractivity contribution in [3.05, 3.63) is 35.9 Å². The van der Waals surface area contributed by atoms with E-state index in [9.17, 15) is 33.6 Å². The van der Waals surface area contributed by atoms with E-state index in [1.54, 1.807) is 13.8 Å². The maximum absolute atomic E-state index is 14.6. The summed E-state index contributed by atoms with van der Waals surface area (Å²) in [5.41, 5.74) is 0.770. The van der Waals surface area contributed by atoms with Gasteiger partial charge in [0.2, 0.25) is 29.5 Å². The number of ether oxygens (including phenoxy) is 1. The van der Waals surface area contributed by atoms with Crippen LogP contribution in [0.5, 0.6) is 0 Å². The lowest BCUT2D eigenvalue weighted by molar-refractivity contribution is -0.162. The molecule has 2 rings (SSSR count). The van der Waals surface area contributed by atoms with E-state index in [0.717, 1.165) is 24.8 Å². The first-order valence-electron chi connectivity index (χ1n) is 21.1. The molecule has 1 aromatic carbocycles. The van der Waals surface area contributed by atoms with Gasteiger partial charge in [0.05, 0.1) is 0 Å². The molecule has 8 atom stereocenters. The molecule has 1 saturated heterocycles. The fourth-order valence-electron chi connectivity index (χ4n) is 7.13. The van der Waals surface area contributed by atoms with E-state index in [2.05, 4.69) is 22.9 Å².